The number of carboxylic acid groups (broad SMARTS) is 1. The number of esters is 1. The van der Waals surface area contributed by atoms with Gasteiger partial charge in [0.2, 0.25) is 5.91 Å². The molecule has 0 heterocycles. The molecule has 0 saturated heterocycles. The second-order valence-electron chi connectivity index (χ2n) is 11.7. The van der Waals surface area contributed by atoms with Crippen LogP contribution in [0.15, 0.2) is 121 Å². The van der Waals surface area contributed by atoms with Crippen molar-refractivity contribution in [2.45, 2.75) is 50.0 Å². The predicted molar refractivity (Wildman–Crippen MR) is 175 cm³/mol. The fourth-order valence-electron chi connectivity index (χ4n) is 5.18. The van der Waals surface area contributed by atoms with Crippen LogP contribution in [0, 0.1) is 5.92 Å². The Balaban J connectivity index is 1.64. The molecule has 0 spiro atoms. The molecule has 2 N–H and O–H groups in total. The van der Waals surface area contributed by atoms with Crippen molar-refractivity contribution in [3.8, 4) is 0 Å². The molecule has 6 nitrogen and oxygen atoms in total. The third-order valence-corrected chi connectivity index (χ3v) is 8.79. The smallest absolute Gasteiger partial charge is 0.327 e. The van der Waals surface area contributed by atoms with Crippen molar-refractivity contribution in [2.24, 2.45) is 5.92 Å². The lowest BCUT2D eigenvalue weighted by Crippen LogP contribution is -2.47. The highest BCUT2D eigenvalue weighted by atomic mass is 32.2. The second kappa shape index (κ2) is 14.9. The van der Waals surface area contributed by atoms with E-state index in [-0.39, 0.29) is 18.6 Å². The number of benzene rings is 4. The first-order valence-corrected chi connectivity index (χ1v) is 15.7. The van der Waals surface area contributed by atoms with Crippen molar-refractivity contribution in [3.63, 3.8) is 0 Å². The number of hydrogen-bond acceptors (Lipinski definition) is 5. The summed E-state index contributed by atoms with van der Waals surface area (Å²) in [5.74, 6) is -2.89. The normalized spacial score (nSPS) is 13.0. The number of aliphatic carboxylic acids is 1. The van der Waals surface area contributed by atoms with Crippen LogP contribution in [0.4, 0.5) is 0 Å². The van der Waals surface area contributed by atoms with E-state index < -0.39 is 40.2 Å². The highest BCUT2D eigenvalue weighted by Crippen LogP contribution is 2.48. The maximum atomic E-state index is 13.7. The lowest BCUT2D eigenvalue weighted by molar-refractivity contribution is -0.157. The minimum atomic E-state index is -1.21. The number of amides is 1. The highest BCUT2D eigenvalue weighted by Gasteiger charge is 2.39. The Morgan fingerprint density at radius 2 is 1.16 bits per heavy atom. The third-order valence-electron chi connectivity index (χ3n) is 7.15. The Bertz CT molecular complexity index is 1410. The van der Waals surface area contributed by atoms with Crippen LogP contribution in [0.5, 0.6) is 0 Å². The molecule has 0 aliphatic rings. The van der Waals surface area contributed by atoms with Crippen LogP contribution in [0.1, 0.15) is 49.4 Å². The molecule has 0 bridgehead atoms. The monoisotopic (exact) mass is 609 g/mol. The number of carboxylic acids is 1. The van der Waals surface area contributed by atoms with Gasteiger partial charge in [-0.3, -0.25) is 9.59 Å². The summed E-state index contributed by atoms with van der Waals surface area (Å²) in [6, 6.07) is 38.1. The summed E-state index contributed by atoms with van der Waals surface area (Å²) in [6.45, 7) is 5.31. The number of ether oxygens (including phenoxy) is 1. The van der Waals surface area contributed by atoms with Crippen molar-refractivity contribution in [1.82, 2.24) is 5.32 Å². The Labute approximate surface area is 263 Å². The molecule has 0 saturated carbocycles. The van der Waals surface area contributed by atoms with E-state index in [0.29, 0.717) is 0 Å². The van der Waals surface area contributed by atoms with Crippen molar-refractivity contribution in [3.05, 3.63) is 144 Å². The van der Waals surface area contributed by atoms with Gasteiger partial charge in [0.25, 0.3) is 0 Å². The van der Waals surface area contributed by atoms with Crippen LogP contribution in [-0.2, 0) is 30.3 Å². The Morgan fingerprint density at radius 3 is 1.57 bits per heavy atom. The maximum Gasteiger partial charge on any atom is 0.327 e. The lowest BCUT2D eigenvalue weighted by atomic mass is 9.84. The van der Waals surface area contributed by atoms with Crippen LogP contribution < -0.4 is 5.32 Å². The predicted octanol–water partition coefficient (Wildman–Crippen LogP) is 6.87. The van der Waals surface area contributed by atoms with Gasteiger partial charge in [0.15, 0.2) is 0 Å². The van der Waals surface area contributed by atoms with E-state index in [2.05, 4.69) is 5.32 Å². The van der Waals surface area contributed by atoms with E-state index in [9.17, 15) is 19.5 Å². The number of nitrogens with one attached hydrogen (secondary N) is 1. The molecule has 7 heteroatoms. The zero-order valence-corrected chi connectivity index (χ0v) is 26.1. The molecule has 4 aromatic rings. The fourth-order valence-corrected chi connectivity index (χ4v) is 6.73. The van der Waals surface area contributed by atoms with Crippen LogP contribution in [0.25, 0.3) is 0 Å². The summed E-state index contributed by atoms with van der Waals surface area (Å²) in [5.41, 5.74) is 3.13. The van der Waals surface area contributed by atoms with Crippen molar-refractivity contribution >= 4 is 29.6 Å². The molecule has 0 aromatic heterocycles. The number of hydrogen-bond donors (Lipinski definition) is 2. The van der Waals surface area contributed by atoms with Crippen LogP contribution >= 0.6 is 11.8 Å². The first-order valence-electron chi connectivity index (χ1n) is 14.7. The lowest BCUT2D eigenvalue weighted by Gasteiger charge is -2.36. The highest BCUT2D eigenvalue weighted by molar-refractivity contribution is 8.00. The molecule has 4 rings (SSSR count). The molecule has 0 radical (unpaired) electrons. The van der Waals surface area contributed by atoms with Gasteiger partial charge in [0.05, 0.1) is 17.1 Å². The molecule has 1 amide bonds. The second-order valence-corrected chi connectivity index (χ2v) is 12.9. The number of thioether (sulfide) groups is 1. The quantitative estimate of drug-likeness (QED) is 0.127. The van der Waals surface area contributed by atoms with Crippen molar-refractivity contribution in [2.75, 3.05) is 5.75 Å². The fraction of sp³-hybridized carbons (Fsp3) is 0.270. The summed E-state index contributed by atoms with van der Waals surface area (Å²) in [6.07, 6.45) is 0.104. The molecule has 2 atom stereocenters. The SMILES string of the molecule is CC(C)(C)OC(=O)C[C@@H](Cc1ccccc1)C(=O)NC(CSC(c1ccccc1)(c1ccccc1)c1ccccc1)C(=O)O. The van der Waals surface area contributed by atoms with Crippen molar-refractivity contribution < 1.29 is 24.2 Å². The maximum absolute atomic E-state index is 13.7. The van der Waals surface area contributed by atoms with Crippen LogP contribution in [-0.4, -0.2) is 40.3 Å². The van der Waals surface area contributed by atoms with Gasteiger partial charge in [-0.2, -0.15) is 0 Å². The third kappa shape index (κ3) is 8.60. The van der Waals surface area contributed by atoms with E-state index in [1.165, 1.54) is 11.8 Å². The molecule has 228 valence electrons. The molecule has 4 aromatic carbocycles. The summed E-state index contributed by atoms with van der Waals surface area (Å²) < 4.78 is 4.76. The van der Waals surface area contributed by atoms with Gasteiger partial charge in [-0.25, -0.2) is 4.79 Å². The number of carbonyl (C=O) groups excluding carboxylic acids is 2. The van der Waals surface area contributed by atoms with Crippen molar-refractivity contribution in [1.29, 1.82) is 0 Å². The van der Waals surface area contributed by atoms with E-state index >= 15 is 0 Å². The van der Waals surface area contributed by atoms with E-state index in [0.717, 1.165) is 22.3 Å². The van der Waals surface area contributed by atoms with Gasteiger partial charge in [-0.1, -0.05) is 121 Å². The van der Waals surface area contributed by atoms with Crippen LogP contribution in [0.3, 0.4) is 0 Å². The first kappa shape index (κ1) is 32.6. The molecular formula is C37H39NO5S. The van der Waals surface area contributed by atoms with Gasteiger partial charge >= 0.3 is 11.9 Å². The summed E-state index contributed by atoms with van der Waals surface area (Å²) >= 11 is 1.46. The topological polar surface area (TPSA) is 92.7 Å². The summed E-state index contributed by atoms with van der Waals surface area (Å²) in [5, 5.41) is 13.1. The molecule has 0 fully saturated rings. The zero-order chi connectivity index (χ0) is 31.6. The van der Waals surface area contributed by atoms with Gasteiger partial charge in [0.1, 0.15) is 11.6 Å². The Kier molecular flexibility index (Phi) is 11.0. The number of carbonyl (C=O) groups is 3. The first-order chi connectivity index (χ1) is 21.1. The molecule has 1 unspecified atom stereocenters. The zero-order valence-electron chi connectivity index (χ0n) is 25.3. The largest absolute Gasteiger partial charge is 0.480 e. The summed E-state index contributed by atoms with van der Waals surface area (Å²) in [4.78, 5) is 39.1. The minimum Gasteiger partial charge on any atom is -0.480 e. The molecule has 0 aliphatic carbocycles. The minimum absolute atomic E-state index is 0.0737. The van der Waals surface area contributed by atoms with Gasteiger partial charge < -0.3 is 15.2 Å². The van der Waals surface area contributed by atoms with E-state index in [1.54, 1.807) is 20.8 Å². The number of rotatable bonds is 13. The molecule has 0 aliphatic heterocycles. The van der Waals surface area contributed by atoms with Gasteiger partial charge in [-0.15, -0.1) is 11.8 Å². The Hall–Kier alpha value is -4.36. The average molecular weight is 610 g/mol. The van der Waals surface area contributed by atoms with Gasteiger partial charge in [0, 0.05) is 5.75 Å². The molecular weight excluding hydrogens is 570 g/mol. The summed E-state index contributed by atoms with van der Waals surface area (Å²) in [7, 11) is 0. The molecule has 44 heavy (non-hydrogen) atoms. The van der Waals surface area contributed by atoms with E-state index in [4.69, 9.17) is 4.74 Å². The van der Waals surface area contributed by atoms with Gasteiger partial charge in [-0.05, 0) is 49.4 Å². The average Bonchev–Trinajstić information content (AvgIpc) is 3.01. The van der Waals surface area contributed by atoms with Crippen LogP contribution in [0.2, 0.25) is 0 Å². The Morgan fingerprint density at radius 1 is 0.727 bits per heavy atom. The van der Waals surface area contributed by atoms with E-state index in [1.807, 2.05) is 121 Å². The standard InChI is InChI=1S/C37H39NO5S/c1-36(2,3)43-33(39)25-28(24-27-16-8-4-9-17-27)34(40)38-32(35(41)42)26-44-37(29-18-10-5-11-19-29,30-20-12-6-13-21-30)31-22-14-7-15-23-31/h4-23,28,32H,24-26H2,1-3H3,(H,38,40)(H,41,42)/t28-,32?/m1/s1.